The smallest absolute Gasteiger partial charge is 0.310 e. The highest BCUT2D eigenvalue weighted by atomic mass is 127. The standard InChI is InChI=1S/C18H35N3O4.HI/c1-4-19-18(20-10-6-7-12-24-14-13-23-3)21-11-8-9-16(15-21)17(22)25-5-2;/h16H,4-15H2,1-3H3,(H,19,20);1H. The Morgan fingerprint density at radius 2 is 2.04 bits per heavy atom. The van der Waals surface area contributed by atoms with Crippen molar-refractivity contribution in [3.63, 3.8) is 0 Å². The van der Waals surface area contributed by atoms with Gasteiger partial charge in [-0.3, -0.25) is 9.79 Å². The summed E-state index contributed by atoms with van der Waals surface area (Å²) in [6.45, 7) is 9.57. The fourth-order valence-electron chi connectivity index (χ4n) is 2.79. The van der Waals surface area contributed by atoms with E-state index in [1.165, 1.54) is 0 Å². The number of unbranched alkanes of at least 4 members (excludes halogenated alkanes) is 1. The molecule has 1 atom stereocenters. The summed E-state index contributed by atoms with van der Waals surface area (Å²) in [5.41, 5.74) is 0. The topological polar surface area (TPSA) is 72.4 Å². The van der Waals surface area contributed by atoms with E-state index in [-0.39, 0.29) is 35.9 Å². The largest absolute Gasteiger partial charge is 0.466 e. The number of nitrogens with one attached hydrogen (secondary N) is 1. The maximum absolute atomic E-state index is 12.0. The summed E-state index contributed by atoms with van der Waals surface area (Å²) in [7, 11) is 1.67. The molecule has 0 radical (unpaired) electrons. The molecule has 1 fully saturated rings. The van der Waals surface area contributed by atoms with E-state index in [4.69, 9.17) is 19.2 Å². The number of piperidine rings is 1. The molecule has 1 N–H and O–H groups in total. The second kappa shape index (κ2) is 16.6. The number of carbonyl (C=O) groups is 1. The lowest BCUT2D eigenvalue weighted by Gasteiger charge is -2.34. The SMILES string of the molecule is CCNC(=NCCCCOCCOC)N1CCCC(C(=O)OCC)C1.I. The van der Waals surface area contributed by atoms with Crippen LogP contribution in [0.1, 0.15) is 39.5 Å². The lowest BCUT2D eigenvalue weighted by Crippen LogP contribution is -2.48. The van der Waals surface area contributed by atoms with Gasteiger partial charge in [-0.05, 0) is 39.5 Å². The summed E-state index contributed by atoms with van der Waals surface area (Å²) in [6.07, 6.45) is 3.85. The molecule has 154 valence electrons. The minimum atomic E-state index is -0.0868. The first-order chi connectivity index (χ1) is 12.2. The number of rotatable bonds is 11. The lowest BCUT2D eigenvalue weighted by molar-refractivity contribution is -0.149. The van der Waals surface area contributed by atoms with Gasteiger partial charge in [-0.2, -0.15) is 0 Å². The van der Waals surface area contributed by atoms with Gasteiger partial charge in [-0.15, -0.1) is 24.0 Å². The number of hydrogen-bond acceptors (Lipinski definition) is 5. The third-order valence-corrected chi connectivity index (χ3v) is 4.07. The molecule has 0 amide bonds. The Morgan fingerprint density at radius 3 is 2.73 bits per heavy atom. The van der Waals surface area contributed by atoms with Crippen LogP contribution in [0.25, 0.3) is 0 Å². The first-order valence-corrected chi connectivity index (χ1v) is 9.49. The molecule has 0 aromatic rings. The molecule has 1 aliphatic heterocycles. The minimum absolute atomic E-state index is 0. The monoisotopic (exact) mass is 485 g/mol. The Kier molecular flexibility index (Phi) is 16.2. The summed E-state index contributed by atoms with van der Waals surface area (Å²) < 4.78 is 15.6. The predicted molar refractivity (Wildman–Crippen MR) is 114 cm³/mol. The molecule has 1 rings (SSSR count). The van der Waals surface area contributed by atoms with Crippen LogP contribution in [-0.4, -0.2) is 76.5 Å². The quantitative estimate of drug-likeness (QED) is 0.159. The number of halogens is 1. The Labute approximate surface area is 175 Å². The number of esters is 1. The Bertz CT molecular complexity index is 397. The summed E-state index contributed by atoms with van der Waals surface area (Å²) in [6, 6.07) is 0. The minimum Gasteiger partial charge on any atom is -0.466 e. The third kappa shape index (κ3) is 10.5. The van der Waals surface area contributed by atoms with Gasteiger partial charge in [0.2, 0.25) is 0 Å². The lowest BCUT2D eigenvalue weighted by atomic mass is 9.98. The molecule has 26 heavy (non-hydrogen) atoms. The molecule has 1 heterocycles. The molecule has 0 saturated carbocycles. The first-order valence-electron chi connectivity index (χ1n) is 9.49. The molecule has 1 unspecified atom stereocenters. The number of likely N-dealkylation sites (tertiary alicyclic amines) is 1. The fourth-order valence-corrected chi connectivity index (χ4v) is 2.79. The van der Waals surface area contributed by atoms with Crippen molar-refractivity contribution in [1.29, 1.82) is 0 Å². The zero-order chi connectivity index (χ0) is 18.3. The van der Waals surface area contributed by atoms with Crippen LogP contribution in [0.2, 0.25) is 0 Å². The van der Waals surface area contributed by atoms with Gasteiger partial charge in [0.15, 0.2) is 5.96 Å². The van der Waals surface area contributed by atoms with Crippen LogP contribution in [0, 0.1) is 5.92 Å². The molecular weight excluding hydrogens is 449 g/mol. The molecule has 7 nitrogen and oxygen atoms in total. The number of nitrogens with zero attached hydrogens (tertiary/aromatic N) is 2. The Balaban J connectivity index is 0.00000625. The van der Waals surface area contributed by atoms with Crippen molar-refractivity contribution in [2.75, 3.05) is 59.7 Å². The van der Waals surface area contributed by atoms with E-state index < -0.39 is 0 Å². The van der Waals surface area contributed by atoms with Crippen LogP contribution in [0.4, 0.5) is 0 Å². The van der Waals surface area contributed by atoms with Crippen molar-refractivity contribution in [1.82, 2.24) is 10.2 Å². The number of hydrogen-bond donors (Lipinski definition) is 1. The fraction of sp³-hybridized carbons (Fsp3) is 0.889. The Morgan fingerprint density at radius 1 is 1.23 bits per heavy atom. The van der Waals surface area contributed by atoms with E-state index in [9.17, 15) is 4.79 Å². The highest BCUT2D eigenvalue weighted by Gasteiger charge is 2.28. The molecule has 0 aliphatic carbocycles. The zero-order valence-electron chi connectivity index (χ0n) is 16.5. The summed E-state index contributed by atoms with van der Waals surface area (Å²) in [5, 5.41) is 3.34. The van der Waals surface area contributed by atoms with E-state index in [0.717, 1.165) is 57.9 Å². The van der Waals surface area contributed by atoms with Crippen molar-refractivity contribution in [2.24, 2.45) is 10.9 Å². The van der Waals surface area contributed by atoms with Crippen LogP contribution in [0.5, 0.6) is 0 Å². The first kappa shape index (κ1) is 25.4. The van der Waals surface area contributed by atoms with E-state index in [1.54, 1.807) is 7.11 Å². The maximum atomic E-state index is 12.0. The molecule has 0 spiro atoms. The van der Waals surface area contributed by atoms with Gasteiger partial charge in [-0.1, -0.05) is 0 Å². The van der Waals surface area contributed by atoms with Crippen LogP contribution in [-0.2, 0) is 19.0 Å². The van der Waals surface area contributed by atoms with Gasteiger partial charge in [0, 0.05) is 39.9 Å². The van der Waals surface area contributed by atoms with Gasteiger partial charge in [-0.25, -0.2) is 0 Å². The van der Waals surface area contributed by atoms with Crippen molar-refractivity contribution in [3.8, 4) is 0 Å². The second-order valence-corrected chi connectivity index (χ2v) is 6.09. The second-order valence-electron chi connectivity index (χ2n) is 6.09. The van der Waals surface area contributed by atoms with Crippen molar-refractivity contribution in [3.05, 3.63) is 0 Å². The molecular formula is C18H36IN3O4. The predicted octanol–water partition coefficient (Wildman–Crippen LogP) is 2.29. The average Bonchev–Trinajstić information content (AvgIpc) is 2.63. The number of guanidine groups is 1. The summed E-state index contributed by atoms with van der Waals surface area (Å²) in [5.74, 6) is 0.764. The molecule has 1 aliphatic rings. The van der Waals surface area contributed by atoms with Crippen molar-refractivity contribution < 1.29 is 19.0 Å². The highest BCUT2D eigenvalue weighted by Crippen LogP contribution is 2.18. The van der Waals surface area contributed by atoms with E-state index in [2.05, 4.69) is 17.1 Å². The van der Waals surface area contributed by atoms with Gasteiger partial charge in [0.25, 0.3) is 0 Å². The average molecular weight is 485 g/mol. The molecule has 0 bridgehead atoms. The van der Waals surface area contributed by atoms with Gasteiger partial charge in [0.05, 0.1) is 25.7 Å². The van der Waals surface area contributed by atoms with Crippen LogP contribution in [0.15, 0.2) is 4.99 Å². The normalized spacial score (nSPS) is 17.6. The number of ether oxygens (including phenoxy) is 3. The number of carbonyl (C=O) groups excluding carboxylic acids is 1. The van der Waals surface area contributed by atoms with Crippen LogP contribution in [0.3, 0.4) is 0 Å². The van der Waals surface area contributed by atoms with E-state index in [1.807, 2.05) is 6.92 Å². The summed E-state index contributed by atoms with van der Waals surface area (Å²) >= 11 is 0. The molecule has 8 heteroatoms. The van der Waals surface area contributed by atoms with Crippen LogP contribution < -0.4 is 5.32 Å². The molecule has 1 saturated heterocycles. The molecule has 0 aromatic carbocycles. The zero-order valence-corrected chi connectivity index (χ0v) is 18.8. The third-order valence-electron chi connectivity index (χ3n) is 4.07. The van der Waals surface area contributed by atoms with Gasteiger partial charge >= 0.3 is 5.97 Å². The number of aliphatic imine (C=N–C) groups is 1. The van der Waals surface area contributed by atoms with Crippen molar-refractivity contribution >= 4 is 35.9 Å². The van der Waals surface area contributed by atoms with E-state index in [0.29, 0.717) is 26.4 Å². The summed E-state index contributed by atoms with van der Waals surface area (Å²) in [4.78, 5) is 18.9. The van der Waals surface area contributed by atoms with Gasteiger partial charge in [0.1, 0.15) is 0 Å². The van der Waals surface area contributed by atoms with Crippen LogP contribution >= 0.6 is 24.0 Å². The maximum Gasteiger partial charge on any atom is 0.310 e. The van der Waals surface area contributed by atoms with Gasteiger partial charge < -0.3 is 24.4 Å². The molecule has 0 aromatic heterocycles. The number of methoxy groups -OCH3 is 1. The Hall–Kier alpha value is -0.610. The highest BCUT2D eigenvalue weighted by molar-refractivity contribution is 14.0. The van der Waals surface area contributed by atoms with Crippen molar-refractivity contribution in [2.45, 2.75) is 39.5 Å². The van der Waals surface area contributed by atoms with E-state index >= 15 is 0 Å².